The molecule has 0 heterocycles. The number of hydrogen-bond acceptors (Lipinski definition) is 2. The maximum Gasteiger partial charge on any atom is 0.223 e. The third-order valence-electron chi connectivity index (χ3n) is 4.36. The summed E-state index contributed by atoms with van der Waals surface area (Å²) < 4.78 is 0. The van der Waals surface area contributed by atoms with Crippen LogP contribution in [0.25, 0.3) is 0 Å². The van der Waals surface area contributed by atoms with Gasteiger partial charge in [-0.15, -0.1) is 0 Å². The number of aliphatic hydroxyl groups excluding tert-OH is 1. The zero-order chi connectivity index (χ0) is 14.6. The van der Waals surface area contributed by atoms with Gasteiger partial charge < -0.3 is 10.4 Å². The fourth-order valence-electron chi connectivity index (χ4n) is 2.93. The van der Waals surface area contributed by atoms with Gasteiger partial charge in [0.2, 0.25) is 5.91 Å². The van der Waals surface area contributed by atoms with E-state index < -0.39 is 0 Å². The Morgan fingerprint density at radius 2 is 1.90 bits per heavy atom. The summed E-state index contributed by atoms with van der Waals surface area (Å²) in [5.41, 5.74) is 2.05. The van der Waals surface area contributed by atoms with E-state index in [0.717, 1.165) is 32.1 Å². The van der Waals surface area contributed by atoms with Crippen LogP contribution in [-0.2, 0) is 11.2 Å². The number of amides is 1. The van der Waals surface area contributed by atoms with Gasteiger partial charge in [0.1, 0.15) is 0 Å². The minimum atomic E-state index is -0.362. The summed E-state index contributed by atoms with van der Waals surface area (Å²) in [4.78, 5) is 12.3. The van der Waals surface area contributed by atoms with E-state index in [2.05, 4.69) is 36.5 Å². The lowest BCUT2D eigenvalue weighted by Gasteiger charge is -2.29. The number of nitrogens with one attached hydrogen (secondary N) is 1. The fraction of sp³-hybridized carbons (Fsp3) is 0.588. The van der Waals surface area contributed by atoms with Gasteiger partial charge in [-0.05, 0) is 31.7 Å². The summed E-state index contributed by atoms with van der Waals surface area (Å²) in [7, 11) is 0. The summed E-state index contributed by atoms with van der Waals surface area (Å²) in [5.74, 6) is -0.0109. The molecule has 0 aliphatic heterocycles. The van der Waals surface area contributed by atoms with Crippen molar-refractivity contribution in [3.63, 3.8) is 0 Å². The van der Waals surface area contributed by atoms with Gasteiger partial charge >= 0.3 is 0 Å². The highest BCUT2D eigenvalue weighted by molar-refractivity contribution is 5.79. The number of hydrogen-bond donors (Lipinski definition) is 2. The van der Waals surface area contributed by atoms with Crippen molar-refractivity contribution in [3.05, 3.63) is 35.4 Å². The Morgan fingerprint density at radius 3 is 2.45 bits per heavy atom. The average molecular weight is 275 g/mol. The van der Waals surface area contributed by atoms with Crippen molar-refractivity contribution in [2.24, 2.45) is 5.92 Å². The molecule has 1 aliphatic carbocycles. The Kier molecular flexibility index (Phi) is 4.81. The van der Waals surface area contributed by atoms with Gasteiger partial charge in [0.15, 0.2) is 0 Å². The summed E-state index contributed by atoms with van der Waals surface area (Å²) in [6.07, 6.45) is 4.72. The predicted octanol–water partition coefficient (Wildman–Crippen LogP) is 2.59. The lowest BCUT2D eigenvalue weighted by atomic mass is 9.95. The third kappa shape index (κ3) is 3.60. The molecule has 0 bridgehead atoms. The monoisotopic (exact) mass is 275 g/mol. The molecule has 1 amide bonds. The van der Waals surface area contributed by atoms with Gasteiger partial charge in [0.25, 0.3) is 0 Å². The smallest absolute Gasteiger partial charge is 0.223 e. The zero-order valence-electron chi connectivity index (χ0n) is 12.5. The molecule has 1 unspecified atom stereocenters. The first-order chi connectivity index (χ1) is 9.54. The second-order valence-corrected chi connectivity index (χ2v) is 6.23. The second kappa shape index (κ2) is 6.40. The molecule has 1 saturated carbocycles. The van der Waals surface area contributed by atoms with Crippen LogP contribution < -0.4 is 5.32 Å². The number of benzene rings is 1. The molecule has 2 N–H and O–H groups in total. The van der Waals surface area contributed by atoms with Gasteiger partial charge in [-0.2, -0.15) is 0 Å². The maximum absolute atomic E-state index is 12.3. The minimum Gasteiger partial charge on any atom is -0.394 e. The molecule has 0 spiro atoms. The van der Waals surface area contributed by atoms with Gasteiger partial charge in [-0.3, -0.25) is 4.79 Å². The molecule has 3 heteroatoms. The lowest BCUT2D eigenvalue weighted by Crippen LogP contribution is -2.51. The molecule has 1 atom stereocenters. The van der Waals surface area contributed by atoms with Crippen LogP contribution in [0.3, 0.4) is 0 Å². The highest BCUT2D eigenvalue weighted by Gasteiger charge is 2.35. The summed E-state index contributed by atoms with van der Waals surface area (Å²) >= 11 is 0. The van der Waals surface area contributed by atoms with E-state index in [0.29, 0.717) is 0 Å². The first kappa shape index (κ1) is 15.0. The highest BCUT2D eigenvalue weighted by atomic mass is 16.3. The molecule has 1 aromatic rings. The van der Waals surface area contributed by atoms with E-state index in [1.807, 2.05) is 6.92 Å². The van der Waals surface area contributed by atoms with Crippen LogP contribution in [0.15, 0.2) is 24.3 Å². The van der Waals surface area contributed by atoms with Crippen LogP contribution in [0.1, 0.15) is 43.7 Å². The first-order valence-electron chi connectivity index (χ1n) is 7.53. The number of rotatable bonds is 5. The highest BCUT2D eigenvalue weighted by Crippen LogP contribution is 2.29. The number of carbonyl (C=O) groups is 1. The molecule has 1 aromatic carbocycles. The molecule has 0 aromatic heterocycles. The van der Waals surface area contributed by atoms with Crippen molar-refractivity contribution >= 4 is 5.91 Å². The van der Waals surface area contributed by atoms with Gasteiger partial charge in [0, 0.05) is 5.92 Å². The largest absolute Gasteiger partial charge is 0.394 e. The molecule has 1 fully saturated rings. The molecule has 20 heavy (non-hydrogen) atoms. The minimum absolute atomic E-state index is 0.0516. The van der Waals surface area contributed by atoms with Crippen LogP contribution in [-0.4, -0.2) is 23.2 Å². The average Bonchev–Trinajstić information content (AvgIpc) is 2.90. The number of aliphatic hydroxyl groups is 1. The van der Waals surface area contributed by atoms with Crippen LogP contribution in [0, 0.1) is 12.8 Å². The zero-order valence-corrected chi connectivity index (χ0v) is 12.5. The Balaban J connectivity index is 1.93. The number of carbonyl (C=O) groups excluding carboxylic acids is 1. The van der Waals surface area contributed by atoms with Crippen molar-refractivity contribution in [2.45, 2.75) is 51.5 Å². The molecular formula is C17H25NO2. The molecule has 0 radical (unpaired) electrons. The van der Waals surface area contributed by atoms with Crippen molar-refractivity contribution in [1.82, 2.24) is 5.32 Å². The standard InChI is InChI=1S/C17H25NO2/c1-13-5-7-15(8-6-13)11-14(2)16(20)18-17(12-19)9-3-4-10-17/h5-8,14,19H,3-4,9-12H2,1-2H3,(H,18,20). The second-order valence-electron chi connectivity index (χ2n) is 6.23. The molecule has 3 nitrogen and oxygen atoms in total. The molecule has 110 valence electrons. The maximum atomic E-state index is 12.3. The van der Waals surface area contributed by atoms with Crippen molar-refractivity contribution in [2.75, 3.05) is 6.61 Å². The summed E-state index contributed by atoms with van der Waals surface area (Å²) in [6.45, 7) is 4.07. The van der Waals surface area contributed by atoms with Crippen LogP contribution in [0.2, 0.25) is 0 Å². The summed E-state index contributed by atoms with van der Waals surface area (Å²) in [6, 6.07) is 8.31. The quantitative estimate of drug-likeness (QED) is 0.868. The van der Waals surface area contributed by atoms with Crippen molar-refractivity contribution in [1.29, 1.82) is 0 Å². The Bertz CT molecular complexity index is 447. The normalized spacial score (nSPS) is 18.8. The van der Waals surface area contributed by atoms with Crippen molar-refractivity contribution in [3.8, 4) is 0 Å². The van der Waals surface area contributed by atoms with Crippen LogP contribution in [0.5, 0.6) is 0 Å². The van der Waals surface area contributed by atoms with E-state index in [1.54, 1.807) is 0 Å². The van der Waals surface area contributed by atoms with E-state index in [9.17, 15) is 9.90 Å². The van der Waals surface area contributed by atoms with Gasteiger partial charge in [-0.25, -0.2) is 0 Å². The third-order valence-corrected chi connectivity index (χ3v) is 4.36. The van der Waals surface area contributed by atoms with Gasteiger partial charge in [-0.1, -0.05) is 49.6 Å². The molecular weight excluding hydrogens is 250 g/mol. The Morgan fingerprint density at radius 1 is 1.30 bits per heavy atom. The van der Waals surface area contributed by atoms with Crippen molar-refractivity contribution < 1.29 is 9.90 Å². The van der Waals surface area contributed by atoms with Gasteiger partial charge in [0.05, 0.1) is 12.1 Å². The SMILES string of the molecule is Cc1ccc(CC(C)C(=O)NC2(CO)CCCC2)cc1. The lowest BCUT2D eigenvalue weighted by molar-refractivity contribution is -0.127. The fourth-order valence-corrected chi connectivity index (χ4v) is 2.93. The Labute approximate surface area is 121 Å². The Hall–Kier alpha value is -1.35. The summed E-state index contributed by atoms with van der Waals surface area (Å²) in [5, 5.41) is 12.6. The predicted molar refractivity (Wildman–Crippen MR) is 80.5 cm³/mol. The number of aryl methyl sites for hydroxylation is 1. The van der Waals surface area contributed by atoms with E-state index in [-0.39, 0.29) is 24.0 Å². The van der Waals surface area contributed by atoms with E-state index >= 15 is 0 Å². The van der Waals surface area contributed by atoms with Crippen LogP contribution in [0.4, 0.5) is 0 Å². The first-order valence-corrected chi connectivity index (χ1v) is 7.53. The topological polar surface area (TPSA) is 49.3 Å². The molecule has 1 aliphatic rings. The van der Waals surface area contributed by atoms with E-state index in [4.69, 9.17) is 0 Å². The molecule has 2 rings (SSSR count). The van der Waals surface area contributed by atoms with E-state index in [1.165, 1.54) is 11.1 Å². The van der Waals surface area contributed by atoms with Crippen LogP contribution >= 0.6 is 0 Å². The molecule has 0 saturated heterocycles.